The van der Waals surface area contributed by atoms with E-state index < -0.39 is 0 Å². The van der Waals surface area contributed by atoms with E-state index in [-0.39, 0.29) is 0 Å². The summed E-state index contributed by atoms with van der Waals surface area (Å²) in [6.07, 6.45) is 3.30. The topological polar surface area (TPSA) is 47.6 Å². The molecule has 0 aromatic rings. The third-order valence-corrected chi connectivity index (χ3v) is 1.09. The second kappa shape index (κ2) is 5.85. The Morgan fingerprint density at radius 1 is 1.50 bits per heavy atom. The number of hydrogen-bond donors (Lipinski definition) is 0. The molecule has 0 rings (SSSR count). The van der Waals surface area contributed by atoms with Crippen LogP contribution < -0.4 is 0 Å². The van der Waals surface area contributed by atoms with Gasteiger partial charge >= 0.3 is 0 Å². The van der Waals surface area contributed by atoms with Gasteiger partial charge in [0.25, 0.3) is 0 Å². The van der Waals surface area contributed by atoms with Gasteiger partial charge in [-0.25, -0.2) is 0 Å². The molecule has 0 saturated heterocycles. The zero-order valence-electron chi connectivity index (χ0n) is 5.80. The van der Waals surface area contributed by atoms with E-state index in [0.29, 0.717) is 19.3 Å². The first-order chi connectivity index (χ1) is 4.85. The van der Waals surface area contributed by atoms with Crippen molar-refractivity contribution in [3.63, 3.8) is 0 Å². The van der Waals surface area contributed by atoms with Crippen LogP contribution in [-0.2, 0) is 0 Å². The number of rotatable bonds is 4. The molecule has 0 unspecified atom stereocenters. The van der Waals surface area contributed by atoms with Crippen molar-refractivity contribution >= 4 is 0 Å². The van der Waals surface area contributed by atoms with Gasteiger partial charge in [-0.05, 0) is 12.8 Å². The lowest BCUT2D eigenvalue weighted by Crippen LogP contribution is -1.90. The van der Waals surface area contributed by atoms with Crippen LogP contribution in [0.2, 0.25) is 0 Å². The predicted molar refractivity (Wildman–Crippen MR) is 38.5 cm³/mol. The molecule has 0 aromatic heterocycles. The van der Waals surface area contributed by atoms with Crippen molar-refractivity contribution < 1.29 is 0 Å². The van der Waals surface area contributed by atoms with Gasteiger partial charge in [-0.1, -0.05) is 6.08 Å². The summed E-state index contributed by atoms with van der Waals surface area (Å²) in [5.74, 6) is 0.733. The molecule has 2 heteroatoms. The summed E-state index contributed by atoms with van der Waals surface area (Å²) in [5.41, 5.74) is 0. The molecule has 0 aliphatic carbocycles. The monoisotopic (exact) mass is 133 g/mol. The lowest BCUT2D eigenvalue weighted by molar-refractivity contribution is 0.866. The molecule has 0 aliphatic heterocycles. The summed E-state index contributed by atoms with van der Waals surface area (Å²) in [7, 11) is 0. The number of allylic oxidation sites excluding steroid dienone is 1. The quantitative estimate of drug-likeness (QED) is 0.550. The van der Waals surface area contributed by atoms with Crippen molar-refractivity contribution in [2.75, 3.05) is 0 Å². The van der Waals surface area contributed by atoms with Crippen LogP contribution in [-0.4, -0.2) is 0 Å². The standard InChI is InChI=1S/C8H9N2/c1-2-4-8(7-10)5-3-6-9/h2H,1,3-5H2. The Labute approximate surface area is 61.4 Å². The van der Waals surface area contributed by atoms with Crippen molar-refractivity contribution in [1.82, 2.24) is 0 Å². The Morgan fingerprint density at radius 2 is 2.20 bits per heavy atom. The maximum Gasteiger partial charge on any atom is 0.0807 e. The minimum Gasteiger partial charge on any atom is -0.198 e. The van der Waals surface area contributed by atoms with E-state index in [2.05, 4.69) is 6.58 Å². The summed E-state index contributed by atoms with van der Waals surface area (Å²) in [6.45, 7) is 3.50. The molecule has 0 aliphatic rings. The van der Waals surface area contributed by atoms with Gasteiger partial charge < -0.3 is 0 Å². The normalized spacial score (nSPS) is 8.30. The Hall–Kier alpha value is -1.28. The van der Waals surface area contributed by atoms with E-state index in [0.717, 1.165) is 5.92 Å². The van der Waals surface area contributed by atoms with Crippen LogP contribution in [0.5, 0.6) is 0 Å². The fourth-order valence-electron chi connectivity index (χ4n) is 0.585. The molecule has 0 atom stereocenters. The fraction of sp³-hybridized carbons (Fsp3) is 0.375. The molecule has 0 fully saturated rings. The van der Waals surface area contributed by atoms with Crippen molar-refractivity contribution in [1.29, 1.82) is 10.5 Å². The molecule has 10 heavy (non-hydrogen) atoms. The predicted octanol–water partition coefficient (Wildman–Crippen LogP) is 1.96. The first-order valence-corrected chi connectivity index (χ1v) is 3.07. The molecule has 0 spiro atoms. The Kier molecular flexibility index (Phi) is 5.10. The van der Waals surface area contributed by atoms with Crippen molar-refractivity contribution in [2.24, 2.45) is 0 Å². The molecular formula is C8H9N2. The highest BCUT2D eigenvalue weighted by Gasteiger charge is 2.03. The molecule has 0 aromatic carbocycles. The maximum absolute atomic E-state index is 8.44. The second-order valence-electron chi connectivity index (χ2n) is 1.87. The molecule has 0 N–H and O–H groups in total. The van der Waals surface area contributed by atoms with Crippen LogP contribution in [0.15, 0.2) is 12.7 Å². The van der Waals surface area contributed by atoms with E-state index in [9.17, 15) is 0 Å². The van der Waals surface area contributed by atoms with Gasteiger partial charge in [-0.3, -0.25) is 0 Å². The van der Waals surface area contributed by atoms with Gasteiger partial charge in [0.05, 0.1) is 18.1 Å². The van der Waals surface area contributed by atoms with Crippen molar-refractivity contribution in [3.05, 3.63) is 18.6 Å². The van der Waals surface area contributed by atoms with E-state index in [1.165, 1.54) is 0 Å². The number of nitrogens with zero attached hydrogens (tertiary/aromatic N) is 2. The largest absolute Gasteiger partial charge is 0.198 e. The van der Waals surface area contributed by atoms with Crippen molar-refractivity contribution in [2.45, 2.75) is 19.3 Å². The lowest BCUT2D eigenvalue weighted by Gasteiger charge is -1.98. The molecule has 0 saturated carbocycles. The van der Waals surface area contributed by atoms with Crippen LogP contribution in [0.3, 0.4) is 0 Å². The van der Waals surface area contributed by atoms with E-state index in [1.54, 1.807) is 6.08 Å². The molecule has 0 amide bonds. The van der Waals surface area contributed by atoms with Gasteiger partial charge in [0, 0.05) is 6.42 Å². The average Bonchev–Trinajstić information content (AvgIpc) is 1.98. The summed E-state index contributed by atoms with van der Waals surface area (Å²) < 4.78 is 0. The number of hydrogen-bond acceptors (Lipinski definition) is 2. The summed E-state index contributed by atoms with van der Waals surface area (Å²) >= 11 is 0. The molecule has 1 radical (unpaired) electrons. The second-order valence-corrected chi connectivity index (χ2v) is 1.87. The third-order valence-electron chi connectivity index (χ3n) is 1.09. The first-order valence-electron chi connectivity index (χ1n) is 3.07. The van der Waals surface area contributed by atoms with E-state index in [4.69, 9.17) is 10.5 Å². The van der Waals surface area contributed by atoms with Crippen LogP contribution in [0.25, 0.3) is 0 Å². The summed E-state index contributed by atoms with van der Waals surface area (Å²) in [6, 6.07) is 4.02. The highest BCUT2D eigenvalue weighted by Crippen LogP contribution is 2.11. The minimum absolute atomic E-state index is 0.427. The number of nitriles is 2. The summed E-state index contributed by atoms with van der Waals surface area (Å²) in [4.78, 5) is 0. The molecule has 0 heterocycles. The highest BCUT2D eigenvalue weighted by atomic mass is 14.3. The zero-order valence-corrected chi connectivity index (χ0v) is 5.80. The fourth-order valence-corrected chi connectivity index (χ4v) is 0.585. The molecule has 0 bridgehead atoms. The summed E-state index contributed by atoms with van der Waals surface area (Å²) in [5, 5.41) is 16.6. The van der Waals surface area contributed by atoms with Crippen LogP contribution in [0, 0.1) is 28.6 Å². The van der Waals surface area contributed by atoms with Crippen LogP contribution >= 0.6 is 0 Å². The van der Waals surface area contributed by atoms with E-state index >= 15 is 0 Å². The smallest absolute Gasteiger partial charge is 0.0807 e. The van der Waals surface area contributed by atoms with Gasteiger partial charge in [0.15, 0.2) is 0 Å². The van der Waals surface area contributed by atoms with Gasteiger partial charge in [-0.2, -0.15) is 10.5 Å². The van der Waals surface area contributed by atoms with E-state index in [1.807, 2.05) is 12.1 Å². The Balaban J connectivity index is 3.54. The maximum atomic E-state index is 8.44. The minimum atomic E-state index is 0.427. The average molecular weight is 133 g/mol. The third kappa shape index (κ3) is 3.69. The Morgan fingerprint density at radius 3 is 2.60 bits per heavy atom. The van der Waals surface area contributed by atoms with Gasteiger partial charge in [0.1, 0.15) is 0 Å². The molecule has 51 valence electrons. The van der Waals surface area contributed by atoms with Gasteiger partial charge in [0.2, 0.25) is 0 Å². The van der Waals surface area contributed by atoms with Crippen LogP contribution in [0.1, 0.15) is 19.3 Å². The highest BCUT2D eigenvalue weighted by molar-refractivity contribution is 5.14. The SMILES string of the molecule is C=CC[C](C#N)CCC#N. The first kappa shape index (κ1) is 8.72. The van der Waals surface area contributed by atoms with Crippen molar-refractivity contribution in [3.8, 4) is 12.1 Å². The van der Waals surface area contributed by atoms with Crippen LogP contribution in [0.4, 0.5) is 0 Å². The molecule has 2 nitrogen and oxygen atoms in total. The zero-order chi connectivity index (χ0) is 7.82. The van der Waals surface area contributed by atoms with Gasteiger partial charge in [-0.15, -0.1) is 6.58 Å². The Bertz CT molecular complexity index is 171. The molecular weight excluding hydrogens is 124 g/mol. The lowest BCUT2D eigenvalue weighted by atomic mass is 10.0.